The van der Waals surface area contributed by atoms with Crippen molar-refractivity contribution in [3.63, 3.8) is 0 Å². The molecule has 0 unspecified atom stereocenters. The summed E-state index contributed by atoms with van der Waals surface area (Å²) in [5.74, 6) is -0.524. The molecule has 4 nitrogen and oxygen atoms in total. The topological polar surface area (TPSA) is 40.6 Å². The summed E-state index contributed by atoms with van der Waals surface area (Å²) in [5.41, 5.74) is 1.64. The standard InChI is InChI=1S/C21H21F3N2O2/c1-15(27)26(19-8-4-7-18(13-19)21(22,23)24)12-10-20(28)25-11-9-16-5-2-3-6-17(16)14-25/h2-8,13H,9-12,14H2,1H3. The van der Waals surface area contributed by atoms with Crippen LogP contribution in [0.1, 0.15) is 30.0 Å². The molecule has 1 heterocycles. The Kier molecular flexibility index (Phi) is 5.72. The second-order valence-electron chi connectivity index (χ2n) is 6.80. The number of hydrogen-bond donors (Lipinski definition) is 0. The quantitative estimate of drug-likeness (QED) is 0.791. The number of carbonyl (C=O) groups excluding carboxylic acids is 2. The van der Waals surface area contributed by atoms with Crippen molar-refractivity contribution in [1.29, 1.82) is 0 Å². The first-order valence-corrected chi connectivity index (χ1v) is 9.05. The van der Waals surface area contributed by atoms with Crippen LogP contribution in [-0.4, -0.2) is 29.8 Å². The van der Waals surface area contributed by atoms with Crippen LogP contribution in [-0.2, 0) is 28.7 Å². The van der Waals surface area contributed by atoms with E-state index in [2.05, 4.69) is 0 Å². The van der Waals surface area contributed by atoms with Gasteiger partial charge in [-0.15, -0.1) is 0 Å². The molecule has 2 aromatic carbocycles. The Balaban J connectivity index is 1.68. The van der Waals surface area contributed by atoms with Gasteiger partial charge in [0.1, 0.15) is 0 Å². The van der Waals surface area contributed by atoms with Crippen molar-refractivity contribution in [3.05, 3.63) is 65.2 Å². The van der Waals surface area contributed by atoms with Crippen LogP contribution in [0.4, 0.5) is 18.9 Å². The molecule has 3 rings (SSSR count). The average molecular weight is 390 g/mol. The minimum atomic E-state index is -4.49. The van der Waals surface area contributed by atoms with Crippen LogP contribution in [0.25, 0.3) is 0 Å². The number of hydrogen-bond acceptors (Lipinski definition) is 2. The summed E-state index contributed by atoms with van der Waals surface area (Å²) >= 11 is 0. The van der Waals surface area contributed by atoms with Gasteiger partial charge in [-0.1, -0.05) is 30.3 Å². The van der Waals surface area contributed by atoms with Crippen LogP contribution in [0, 0.1) is 0 Å². The summed E-state index contributed by atoms with van der Waals surface area (Å²) in [6.07, 6.45) is -3.67. The second-order valence-corrected chi connectivity index (χ2v) is 6.80. The lowest BCUT2D eigenvalue weighted by Crippen LogP contribution is -2.39. The highest BCUT2D eigenvalue weighted by molar-refractivity contribution is 5.92. The molecule has 0 bridgehead atoms. The zero-order valence-electron chi connectivity index (χ0n) is 15.5. The van der Waals surface area contributed by atoms with Gasteiger partial charge in [0.15, 0.2) is 0 Å². The predicted molar refractivity (Wildman–Crippen MR) is 99.7 cm³/mol. The summed E-state index contributed by atoms with van der Waals surface area (Å²) in [6.45, 7) is 2.42. The lowest BCUT2D eigenvalue weighted by molar-refractivity contribution is -0.137. The first kappa shape index (κ1) is 19.9. The Labute approximate surface area is 161 Å². The lowest BCUT2D eigenvalue weighted by atomic mass is 10.00. The molecule has 0 radical (unpaired) electrons. The Morgan fingerprint density at radius 1 is 1.07 bits per heavy atom. The minimum Gasteiger partial charge on any atom is -0.338 e. The van der Waals surface area contributed by atoms with Crippen LogP contribution < -0.4 is 4.90 Å². The van der Waals surface area contributed by atoms with E-state index in [1.807, 2.05) is 24.3 Å². The highest BCUT2D eigenvalue weighted by atomic mass is 19.4. The van der Waals surface area contributed by atoms with Crippen molar-refractivity contribution >= 4 is 17.5 Å². The molecule has 28 heavy (non-hydrogen) atoms. The summed E-state index contributed by atoms with van der Waals surface area (Å²) in [7, 11) is 0. The molecule has 0 aromatic heterocycles. The van der Waals surface area contributed by atoms with Crippen molar-refractivity contribution in [3.8, 4) is 0 Å². The molecule has 0 aliphatic carbocycles. The fourth-order valence-corrected chi connectivity index (χ4v) is 3.39. The number of rotatable bonds is 4. The van der Waals surface area contributed by atoms with Crippen molar-refractivity contribution in [2.45, 2.75) is 32.5 Å². The normalized spacial score (nSPS) is 13.8. The number of benzene rings is 2. The van der Waals surface area contributed by atoms with Crippen LogP contribution in [0.3, 0.4) is 0 Å². The summed E-state index contributed by atoms with van der Waals surface area (Å²) in [6, 6.07) is 12.5. The molecule has 1 aliphatic heterocycles. The number of fused-ring (bicyclic) bond motifs is 1. The van der Waals surface area contributed by atoms with Gasteiger partial charge in [-0.2, -0.15) is 13.2 Å². The molecule has 1 aliphatic rings. The zero-order chi connectivity index (χ0) is 20.3. The largest absolute Gasteiger partial charge is 0.416 e. The highest BCUT2D eigenvalue weighted by Crippen LogP contribution is 2.31. The SMILES string of the molecule is CC(=O)N(CCC(=O)N1CCc2ccccc2C1)c1cccc(C(F)(F)F)c1. The number of nitrogens with zero attached hydrogens (tertiary/aromatic N) is 2. The third-order valence-corrected chi connectivity index (χ3v) is 4.90. The van der Waals surface area contributed by atoms with E-state index in [0.717, 1.165) is 24.1 Å². The van der Waals surface area contributed by atoms with Crippen LogP contribution in [0.5, 0.6) is 0 Å². The van der Waals surface area contributed by atoms with Gasteiger partial charge in [0.25, 0.3) is 0 Å². The number of alkyl halides is 3. The third kappa shape index (κ3) is 4.52. The fraction of sp³-hybridized carbons (Fsp3) is 0.333. The van der Waals surface area contributed by atoms with E-state index in [1.165, 1.54) is 29.5 Å². The van der Waals surface area contributed by atoms with E-state index in [9.17, 15) is 22.8 Å². The molecule has 0 atom stereocenters. The Hall–Kier alpha value is -2.83. The maximum Gasteiger partial charge on any atom is 0.416 e. The molecule has 0 saturated heterocycles. The summed E-state index contributed by atoms with van der Waals surface area (Å²) in [5, 5.41) is 0. The maximum atomic E-state index is 12.9. The van der Waals surface area contributed by atoms with Gasteiger partial charge in [-0.25, -0.2) is 0 Å². The van der Waals surface area contributed by atoms with Crippen molar-refractivity contribution < 1.29 is 22.8 Å². The van der Waals surface area contributed by atoms with Gasteiger partial charge in [0.05, 0.1) is 5.56 Å². The number of halogens is 3. The van der Waals surface area contributed by atoms with E-state index in [0.29, 0.717) is 13.1 Å². The molecular weight excluding hydrogens is 369 g/mol. The minimum absolute atomic E-state index is 0.0353. The molecule has 0 fully saturated rings. The zero-order valence-corrected chi connectivity index (χ0v) is 15.5. The van der Waals surface area contributed by atoms with Gasteiger partial charge in [-0.3, -0.25) is 9.59 Å². The van der Waals surface area contributed by atoms with Gasteiger partial charge in [0.2, 0.25) is 11.8 Å². The molecule has 0 saturated carbocycles. The van der Waals surface area contributed by atoms with Crippen molar-refractivity contribution in [2.75, 3.05) is 18.0 Å². The number of anilines is 1. The van der Waals surface area contributed by atoms with E-state index in [1.54, 1.807) is 4.90 Å². The van der Waals surface area contributed by atoms with Crippen molar-refractivity contribution in [1.82, 2.24) is 4.90 Å². The maximum absolute atomic E-state index is 12.9. The molecule has 0 spiro atoms. The number of amides is 2. The van der Waals surface area contributed by atoms with Gasteiger partial charge in [0, 0.05) is 38.7 Å². The van der Waals surface area contributed by atoms with Gasteiger partial charge < -0.3 is 9.80 Å². The molecule has 148 valence electrons. The third-order valence-electron chi connectivity index (χ3n) is 4.90. The summed E-state index contributed by atoms with van der Waals surface area (Å²) < 4.78 is 38.8. The first-order valence-electron chi connectivity index (χ1n) is 9.05. The van der Waals surface area contributed by atoms with E-state index >= 15 is 0 Å². The predicted octanol–water partition coefficient (Wildman–Crippen LogP) is 4.03. The molecule has 7 heteroatoms. The highest BCUT2D eigenvalue weighted by Gasteiger charge is 2.31. The smallest absolute Gasteiger partial charge is 0.338 e. The van der Waals surface area contributed by atoms with Gasteiger partial charge >= 0.3 is 6.18 Å². The van der Waals surface area contributed by atoms with Crippen molar-refractivity contribution in [2.24, 2.45) is 0 Å². The van der Waals surface area contributed by atoms with E-state index < -0.39 is 17.6 Å². The fourth-order valence-electron chi connectivity index (χ4n) is 3.39. The summed E-state index contributed by atoms with van der Waals surface area (Å²) in [4.78, 5) is 27.5. The van der Waals surface area contributed by atoms with E-state index in [-0.39, 0.29) is 24.6 Å². The Morgan fingerprint density at radius 3 is 2.46 bits per heavy atom. The Bertz CT molecular complexity index is 880. The second kappa shape index (κ2) is 8.04. The molecule has 0 N–H and O–H groups in total. The van der Waals surface area contributed by atoms with Gasteiger partial charge in [-0.05, 0) is 35.7 Å². The molecule has 2 amide bonds. The van der Waals surface area contributed by atoms with Crippen LogP contribution in [0.15, 0.2) is 48.5 Å². The van der Waals surface area contributed by atoms with E-state index in [4.69, 9.17) is 0 Å². The monoisotopic (exact) mass is 390 g/mol. The lowest BCUT2D eigenvalue weighted by Gasteiger charge is -2.30. The Morgan fingerprint density at radius 2 is 1.79 bits per heavy atom. The van der Waals surface area contributed by atoms with Crippen LogP contribution >= 0.6 is 0 Å². The number of carbonyl (C=O) groups is 2. The average Bonchev–Trinajstić information content (AvgIpc) is 2.67. The molecule has 2 aromatic rings. The van der Waals surface area contributed by atoms with Crippen LogP contribution in [0.2, 0.25) is 0 Å². The molecular formula is C21H21F3N2O2. The first-order chi connectivity index (χ1) is 13.3.